The van der Waals surface area contributed by atoms with E-state index in [0.29, 0.717) is 12.7 Å². The van der Waals surface area contributed by atoms with Crippen LogP contribution < -0.4 is 0 Å². The van der Waals surface area contributed by atoms with Crippen LogP contribution in [0.25, 0.3) is 0 Å². The second-order valence-corrected chi connectivity index (χ2v) is 7.35. The summed E-state index contributed by atoms with van der Waals surface area (Å²) in [6, 6.07) is 0. The van der Waals surface area contributed by atoms with E-state index in [1.807, 2.05) is 13.8 Å². The van der Waals surface area contributed by atoms with Gasteiger partial charge in [0.2, 0.25) is 0 Å². The van der Waals surface area contributed by atoms with Crippen molar-refractivity contribution in [2.45, 2.75) is 26.7 Å². The minimum atomic E-state index is -3.36. The summed E-state index contributed by atoms with van der Waals surface area (Å²) in [6.45, 7) is 3.86. The quantitative estimate of drug-likeness (QED) is 0.459. The summed E-state index contributed by atoms with van der Waals surface area (Å²) in [6.07, 6.45) is 0.937. The molecule has 0 amide bonds. The Morgan fingerprint density at radius 1 is 1.32 bits per heavy atom. The molecule has 0 N–H and O–H groups in total. The Hall–Kier alpha value is -0.950. The molecule has 1 unspecified atom stereocenters. The van der Waals surface area contributed by atoms with Crippen LogP contribution in [-0.4, -0.2) is 51.3 Å². The number of sulfone groups is 1. The van der Waals surface area contributed by atoms with Crippen LogP contribution in [0.1, 0.15) is 26.7 Å². The highest BCUT2D eigenvalue weighted by Crippen LogP contribution is 2.12. The molecule has 0 rings (SSSR count). The summed E-state index contributed by atoms with van der Waals surface area (Å²) in [4.78, 5) is 27.0. The molecule has 0 heterocycles. The molecule has 0 aromatic heterocycles. The van der Waals surface area contributed by atoms with Crippen molar-refractivity contribution in [3.8, 4) is 0 Å². The highest BCUT2D eigenvalue weighted by molar-refractivity contribution is 7.91. The second-order valence-electron chi connectivity index (χ2n) is 5.12. The predicted octanol–water partition coefficient (Wildman–Crippen LogP) is 0.672. The van der Waals surface area contributed by atoms with E-state index < -0.39 is 21.7 Å². The van der Waals surface area contributed by atoms with E-state index in [1.165, 1.54) is 19.2 Å². The van der Waals surface area contributed by atoms with Crippen molar-refractivity contribution in [2.24, 2.45) is 11.8 Å². The first kappa shape index (κ1) is 18.0. The predicted molar refractivity (Wildman–Crippen MR) is 72.1 cm³/mol. The van der Waals surface area contributed by atoms with Gasteiger partial charge in [-0.05, 0) is 12.3 Å². The third-order valence-electron chi connectivity index (χ3n) is 2.45. The lowest BCUT2D eigenvalue weighted by Crippen LogP contribution is -2.31. The number of hydrogen-bond acceptors (Lipinski definition) is 6. The average Bonchev–Trinajstić information content (AvgIpc) is 2.25. The van der Waals surface area contributed by atoms with Crippen LogP contribution in [0.3, 0.4) is 0 Å². The Balaban J connectivity index is 4.64. The summed E-state index contributed by atoms with van der Waals surface area (Å²) < 4.78 is 23.7. The van der Waals surface area contributed by atoms with E-state index in [2.05, 4.69) is 0 Å². The molecule has 6 nitrogen and oxygen atoms in total. The average molecular weight is 293 g/mol. The summed E-state index contributed by atoms with van der Waals surface area (Å²) in [5, 5.41) is 1.18. The van der Waals surface area contributed by atoms with Gasteiger partial charge in [-0.3, -0.25) is 4.79 Å². The monoisotopic (exact) mass is 293 g/mol. The number of hydroxylamine groups is 2. The van der Waals surface area contributed by atoms with Crippen LogP contribution in [0.15, 0.2) is 0 Å². The minimum Gasteiger partial charge on any atom is -0.368 e. The molecular weight excluding hydrogens is 270 g/mol. The zero-order valence-electron chi connectivity index (χ0n) is 12.0. The molecule has 7 heteroatoms. The molecule has 0 aliphatic heterocycles. The Labute approximate surface area is 115 Å². The van der Waals surface area contributed by atoms with Gasteiger partial charge in [0.25, 0.3) is 0 Å². The Morgan fingerprint density at radius 3 is 2.32 bits per heavy atom. The molecule has 0 saturated carbocycles. The molecule has 1 atom stereocenters. The number of carbonyl (C=O) groups is 2. The molecular formula is C12H23NO5S. The molecule has 0 aliphatic carbocycles. The topological polar surface area (TPSA) is 80.8 Å². The number of nitrogens with zero attached hydrogens (tertiary/aromatic N) is 1. The van der Waals surface area contributed by atoms with Gasteiger partial charge >= 0.3 is 5.97 Å². The summed E-state index contributed by atoms with van der Waals surface area (Å²) in [7, 11) is -0.323. The van der Waals surface area contributed by atoms with E-state index in [0.717, 1.165) is 0 Å². The molecule has 0 fully saturated rings. The lowest BCUT2D eigenvalue weighted by molar-refractivity contribution is -0.183. The molecule has 0 aromatic rings. The zero-order valence-corrected chi connectivity index (χ0v) is 12.8. The first-order chi connectivity index (χ1) is 8.68. The van der Waals surface area contributed by atoms with Crippen LogP contribution in [-0.2, 0) is 24.3 Å². The lowest BCUT2D eigenvalue weighted by atomic mass is 10.1. The van der Waals surface area contributed by atoms with Gasteiger partial charge in [0, 0.05) is 20.5 Å². The summed E-state index contributed by atoms with van der Waals surface area (Å²) >= 11 is 0. The molecule has 0 aromatic carbocycles. The van der Waals surface area contributed by atoms with E-state index in [9.17, 15) is 18.0 Å². The number of hydrogen-bond donors (Lipinski definition) is 0. The lowest BCUT2D eigenvalue weighted by Gasteiger charge is -2.16. The molecule has 0 spiro atoms. The van der Waals surface area contributed by atoms with Gasteiger partial charge in [-0.1, -0.05) is 13.8 Å². The van der Waals surface area contributed by atoms with Gasteiger partial charge in [0.15, 0.2) is 9.84 Å². The van der Waals surface area contributed by atoms with Crippen LogP contribution in [0, 0.1) is 11.8 Å². The van der Waals surface area contributed by atoms with Crippen LogP contribution in [0.2, 0.25) is 0 Å². The molecule has 112 valence electrons. The van der Waals surface area contributed by atoms with Gasteiger partial charge in [-0.2, -0.15) is 0 Å². The largest absolute Gasteiger partial charge is 0.368 e. The van der Waals surface area contributed by atoms with Gasteiger partial charge in [-0.25, -0.2) is 8.42 Å². The molecule has 0 aliphatic rings. The van der Waals surface area contributed by atoms with Crippen molar-refractivity contribution < 1.29 is 22.8 Å². The normalized spacial score (nSPS) is 13.6. The third kappa shape index (κ3) is 8.72. The van der Waals surface area contributed by atoms with Crippen LogP contribution in [0.5, 0.6) is 0 Å². The highest BCUT2D eigenvalue weighted by atomic mass is 32.2. The van der Waals surface area contributed by atoms with E-state index in [4.69, 9.17) is 4.84 Å². The fourth-order valence-corrected chi connectivity index (χ4v) is 3.29. The third-order valence-corrected chi connectivity index (χ3v) is 4.22. The molecule has 0 saturated heterocycles. The van der Waals surface area contributed by atoms with Crippen molar-refractivity contribution >= 4 is 22.1 Å². The fourth-order valence-electron chi connectivity index (χ4n) is 1.41. The Kier molecular flexibility index (Phi) is 7.85. The van der Waals surface area contributed by atoms with Crippen molar-refractivity contribution in [1.29, 1.82) is 0 Å². The van der Waals surface area contributed by atoms with E-state index in [1.54, 1.807) is 0 Å². The maximum atomic E-state index is 11.9. The number of carbonyl (C=O) groups excluding carboxylic acids is 2. The second kappa shape index (κ2) is 8.27. The molecule has 0 bridgehead atoms. The van der Waals surface area contributed by atoms with E-state index in [-0.39, 0.29) is 23.8 Å². The fraction of sp³-hybridized carbons (Fsp3) is 0.833. The first-order valence-corrected chi connectivity index (χ1v) is 8.03. The van der Waals surface area contributed by atoms with Crippen molar-refractivity contribution in [1.82, 2.24) is 5.06 Å². The van der Waals surface area contributed by atoms with Crippen LogP contribution in [0.4, 0.5) is 0 Å². The standard InChI is InChI=1S/C12H23NO5S/c1-10(2)6-8-19(16,17)9-11(5-7-14)12(15)18-13(3)4/h7,10-11H,5-6,8-9H2,1-4H3. The van der Waals surface area contributed by atoms with Crippen molar-refractivity contribution in [3.05, 3.63) is 0 Å². The number of aldehydes is 1. The number of rotatable bonds is 9. The van der Waals surface area contributed by atoms with Gasteiger partial charge in [-0.15, -0.1) is 5.06 Å². The van der Waals surface area contributed by atoms with Crippen molar-refractivity contribution in [3.63, 3.8) is 0 Å². The highest BCUT2D eigenvalue weighted by Gasteiger charge is 2.27. The Bertz CT molecular complexity index is 389. The first-order valence-electron chi connectivity index (χ1n) is 6.21. The SMILES string of the molecule is CC(C)CCS(=O)(=O)CC(CC=O)C(=O)ON(C)C. The molecule has 0 radical (unpaired) electrons. The van der Waals surface area contributed by atoms with Gasteiger partial charge < -0.3 is 9.63 Å². The molecule has 19 heavy (non-hydrogen) atoms. The zero-order chi connectivity index (χ0) is 15.1. The van der Waals surface area contributed by atoms with E-state index >= 15 is 0 Å². The van der Waals surface area contributed by atoms with Crippen LogP contribution >= 0.6 is 0 Å². The Morgan fingerprint density at radius 2 is 1.89 bits per heavy atom. The minimum absolute atomic E-state index is 0.0231. The van der Waals surface area contributed by atoms with Gasteiger partial charge in [0.05, 0.1) is 17.4 Å². The summed E-state index contributed by atoms with van der Waals surface area (Å²) in [5.74, 6) is -1.67. The smallest absolute Gasteiger partial charge is 0.329 e. The maximum Gasteiger partial charge on any atom is 0.329 e. The van der Waals surface area contributed by atoms with Crippen molar-refractivity contribution in [2.75, 3.05) is 25.6 Å². The summed E-state index contributed by atoms with van der Waals surface area (Å²) in [5.41, 5.74) is 0. The maximum absolute atomic E-state index is 11.9. The van der Waals surface area contributed by atoms with Gasteiger partial charge in [0.1, 0.15) is 6.29 Å².